The summed E-state index contributed by atoms with van der Waals surface area (Å²) in [7, 11) is 0. The predicted molar refractivity (Wildman–Crippen MR) is 20.1 cm³/mol. The molecule has 0 bridgehead atoms. The van der Waals surface area contributed by atoms with Crippen molar-refractivity contribution in [3.05, 3.63) is 12.3 Å². The average Bonchev–Trinajstić information content (AvgIpc) is 1.81. The highest BCUT2D eigenvalue weighted by molar-refractivity contribution is 5.02. The lowest BCUT2D eigenvalue weighted by Crippen LogP contribution is -2.35. The molecule has 0 saturated heterocycles. The Labute approximate surface area is 47.9 Å². The minimum atomic E-state index is -4.35. The van der Waals surface area contributed by atoms with E-state index in [0.29, 0.717) is 6.26 Å². The molecule has 1 aliphatic heterocycles. The molecule has 0 aromatic carbocycles. The fraction of sp³-hybridized carbons (Fsp3) is 0.500. The molecule has 0 aromatic rings. The molecule has 0 aromatic heterocycles. The Hall–Kier alpha value is -0.740. The molecule has 0 saturated carbocycles. The molecular formula is C4H2F4O. The average molecular weight is 142 g/mol. The van der Waals surface area contributed by atoms with Crippen molar-refractivity contribution < 1.29 is 22.3 Å². The van der Waals surface area contributed by atoms with Gasteiger partial charge in [-0.25, -0.2) is 0 Å². The van der Waals surface area contributed by atoms with Gasteiger partial charge in [-0.15, -0.1) is 0 Å². The van der Waals surface area contributed by atoms with Crippen molar-refractivity contribution in [1.29, 1.82) is 0 Å². The molecule has 0 amide bonds. The summed E-state index contributed by atoms with van der Waals surface area (Å²) in [4.78, 5) is 0. The normalized spacial score (nSPS) is 28.0. The monoisotopic (exact) mass is 142 g/mol. The second-order valence-electron chi connectivity index (χ2n) is 1.56. The summed E-state index contributed by atoms with van der Waals surface area (Å²) in [5.41, 5.74) is 0. The quantitative estimate of drug-likeness (QED) is 0.468. The molecule has 1 heterocycles. The Morgan fingerprint density at radius 3 is 1.78 bits per heavy atom. The zero-order valence-electron chi connectivity index (χ0n) is 4.07. The molecular weight excluding hydrogens is 140 g/mol. The Morgan fingerprint density at radius 1 is 1.11 bits per heavy atom. The molecule has 1 rings (SSSR count). The first kappa shape index (κ1) is 6.38. The minimum absolute atomic E-state index is 0.0208. The van der Waals surface area contributed by atoms with Crippen molar-refractivity contribution in [2.45, 2.75) is 12.0 Å². The SMILES string of the molecule is FC1(F)C=COC1(F)F. The molecule has 0 radical (unpaired) electrons. The maximum atomic E-state index is 11.8. The van der Waals surface area contributed by atoms with Crippen molar-refractivity contribution in [2.75, 3.05) is 0 Å². The molecule has 0 unspecified atom stereocenters. The van der Waals surface area contributed by atoms with Crippen LogP contribution in [0.5, 0.6) is 0 Å². The lowest BCUT2D eigenvalue weighted by atomic mass is 10.3. The second kappa shape index (κ2) is 1.40. The van der Waals surface area contributed by atoms with Crippen molar-refractivity contribution in [2.24, 2.45) is 0 Å². The number of hydrogen-bond acceptors (Lipinski definition) is 1. The minimum Gasteiger partial charge on any atom is -0.436 e. The van der Waals surface area contributed by atoms with Crippen molar-refractivity contribution >= 4 is 0 Å². The van der Waals surface area contributed by atoms with Gasteiger partial charge in [-0.2, -0.15) is 17.6 Å². The second-order valence-corrected chi connectivity index (χ2v) is 1.56. The van der Waals surface area contributed by atoms with Gasteiger partial charge in [0.1, 0.15) is 0 Å². The van der Waals surface area contributed by atoms with Crippen LogP contribution in [-0.4, -0.2) is 12.0 Å². The summed E-state index contributed by atoms with van der Waals surface area (Å²) in [6.07, 6.45) is -4.04. The lowest BCUT2D eigenvalue weighted by Gasteiger charge is -2.14. The van der Waals surface area contributed by atoms with Gasteiger partial charge in [0.05, 0.1) is 6.26 Å². The molecule has 5 heteroatoms. The van der Waals surface area contributed by atoms with Gasteiger partial charge in [-0.05, 0) is 0 Å². The van der Waals surface area contributed by atoms with Crippen LogP contribution in [0.4, 0.5) is 17.6 Å². The van der Waals surface area contributed by atoms with Gasteiger partial charge in [0.15, 0.2) is 0 Å². The number of rotatable bonds is 0. The zero-order valence-corrected chi connectivity index (χ0v) is 4.07. The fourth-order valence-electron chi connectivity index (χ4n) is 0.381. The highest BCUT2D eigenvalue weighted by Gasteiger charge is 2.60. The van der Waals surface area contributed by atoms with Gasteiger partial charge in [0.25, 0.3) is 0 Å². The highest BCUT2D eigenvalue weighted by Crippen LogP contribution is 2.40. The Balaban J connectivity index is 2.84. The third-order valence-electron chi connectivity index (χ3n) is 0.881. The van der Waals surface area contributed by atoms with Gasteiger partial charge in [-0.1, -0.05) is 0 Å². The molecule has 9 heavy (non-hydrogen) atoms. The molecule has 1 aliphatic rings. The molecule has 1 nitrogen and oxygen atoms in total. The first-order valence-corrected chi connectivity index (χ1v) is 2.07. The van der Waals surface area contributed by atoms with Crippen LogP contribution in [0.3, 0.4) is 0 Å². The topological polar surface area (TPSA) is 9.23 Å². The van der Waals surface area contributed by atoms with Crippen LogP contribution in [0.1, 0.15) is 0 Å². The third-order valence-corrected chi connectivity index (χ3v) is 0.881. The molecule has 0 spiro atoms. The lowest BCUT2D eigenvalue weighted by molar-refractivity contribution is -0.291. The van der Waals surface area contributed by atoms with Crippen molar-refractivity contribution in [3.8, 4) is 0 Å². The van der Waals surface area contributed by atoms with E-state index in [2.05, 4.69) is 4.74 Å². The van der Waals surface area contributed by atoms with E-state index in [1.165, 1.54) is 0 Å². The number of hydrogen-bond donors (Lipinski definition) is 0. The molecule has 52 valence electrons. The third kappa shape index (κ3) is 0.760. The van der Waals surface area contributed by atoms with E-state index in [0.717, 1.165) is 0 Å². The van der Waals surface area contributed by atoms with E-state index in [4.69, 9.17) is 0 Å². The highest BCUT2D eigenvalue weighted by atomic mass is 19.3. The standard InChI is InChI=1S/C4H2F4O/c5-3(6)1-2-9-4(3,7)8/h1-2H. The maximum absolute atomic E-state index is 11.8. The van der Waals surface area contributed by atoms with E-state index in [-0.39, 0.29) is 6.08 Å². The van der Waals surface area contributed by atoms with E-state index in [9.17, 15) is 17.6 Å². The van der Waals surface area contributed by atoms with Crippen LogP contribution < -0.4 is 0 Å². The van der Waals surface area contributed by atoms with E-state index < -0.39 is 12.0 Å². The van der Waals surface area contributed by atoms with E-state index >= 15 is 0 Å². The van der Waals surface area contributed by atoms with Crippen LogP contribution in [0.15, 0.2) is 12.3 Å². The molecule has 0 N–H and O–H groups in total. The maximum Gasteiger partial charge on any atom is 0.467 e. The van der Waals surface area contributed by atoms with E-state index in [1.54, 1.807) is 0 Å². The number of ether oxygens (including phenoxy) is 1. The molecule has 0 fully saturated rings. The van der Waals surface area contributed by atoms with Crippen LogP contribution >= 0.6 is 0 Å². The van der Waals surface area contributed by atoms with Crippen LogP contribution in [0, 0.1) is 0 Å². The largest absolute Gasteiger partial charge is 0.467 e. The number of halogens is 4. The molecule has 0 aliphatic carbocycles. The van der Waals surface area contributed by atoms with Gasteiger partial charge >= 0.3 is 12.0 Å². The Kier molecular flexibility index (Phi) is 0.992. The Morgan fingerprint density at radius 2 is 1.67 bits per heavy atom. The first-order valence-electron chi connectivity index (χ1n) is 2.07. The predicted octanol–water partition coefficient (Wildman–Crippen LogP) is 1.76. The van der Waals surface area contributed by atoms with E-state index in [1.807, 2.05) is 0 Å². The number of alkyl halides is 4. The first-order chi connectivity index (χ1) is 3.96. The van der Waals surface area contributed by atoms with Crippen LogP contribution in [-0.2, 0) is 4.74 Å². The zero-order chi connectivity index (χ0) is 7.12. The van der Waals surface area contributed by atoms with Crippen molar-refractivity contribution in [1.82, 2.24) is 0 Å². The summed E-state index contributed by atoms with van der Waals surface area (Å²) in [5.74, 6) is -4.15. The van der Waals surface area contributed by atoms with Crippen LogP contribution in [0.2, 0.25) is 0 Å². The van der Waals surface area contributed by atoms with Gasteiger partial charge in [0.2, 0.25) is 0 Å². The summed E-state index contributed by atoms with van der Waals surface area (Å²) in [6, 6.07) is 0. The van der Waals surface area contributed by atoms with Crippen LogP contribution in [0.25, 0.3) is 0 Å². The fourth-order valence-corrected chi connectivity index (χ4v) is 0.381. The summed E-state index contributed by atoms with van der Waals surface area (Å²) < 4.78 is 50.2. The summed E-state index contributed by atoms with van der Waals surface area (Å²) >= 11 is 0. The van der Waals surface area contributed by atoms with Gasteiger partial charge in [0, 0.05) is 6.08 Å². The summed E-state index contributed by atoms with van der Waals surface area (Å²) in [6.45, 7) is 0. The smallest absolute Gasteiger partial charge is 0.436 e. The van der Waals surface area contributed by atoms with Gasteiger partial charge < -0.3 is 4.74 Å². The van der Waals surface area contributed by atoms with Crippen molar-refractivity contribution in [3.63, 3.8) is 0 Å². The summed E-state index contributed by atoms with van der Waals surface area (Å²) in [5, 5.41) is 0. The van der Waals surface area contributed by atoms with Gasteiger partial charge in [-0.3, -0.25) is 0 Å². The Bertz CT molecular complexity index is 151. The molecule has 0 atom stereocenters.